The van der Waals surface area contributed by atoms with Crippen LogP contribution in [-0.2, 0) is 19.5 Å². The molecule has 0 aliphatic heterocycles. The van der Waals surface area contributed by atoms with Crippen LogP contribution < -0.4 is 10.1 Å². The number of hydrogen-bond donors (Lipinski definition) is 1. The maximum absolute atomic E-state index is 5.18. The Hall–Kier alpha value is -1.81. The van der Waals surface area contributed by atoms with Crippen molar-refractivity contribution in [1.82, 2.24) is 15.1 Å². The maximum atomic E-state index is 5.18. The fourth-order valence-electron chi connectivity index (χ4n) is 2.23. The number of nitrogens with one attached hydrogen (secondary N) is 1. The zero-order valence-corrected chi connectivity index (χ0v) is 13.4. The molecule has 0 saturated carbocycles. The van der Waals surface area contributed by atoms with Crippen molar-refractivity contribution in [2.75, 3.05) is 7.11 Å². The van der Waals surface area contributed by atoms with Gasteiger partial charge in [0.15, 0.2) is 0 Å². The Morgan fingerprint density at radius 1 is 1.24 bits per heavy atom. The number of ether oxygens (including phenoxy) is 1. The van der Waals surface area contributed by atoms with Crippen LogP contribution in [0.15, 0.2) is 30.5 Å². The van der Waals surface area contributed by atoms with E-state index in [1.807, 2.05) is 18.3 Å². The van der Waals surface area contributed by atoms with Gasteiger partial charge < -0.3 is 10.1 Å². The Labute approximate surface area is 127 Å². The highest BCUT2D eigenvalue weighted by Gasteiger charge is 2.07. The van der Waals surface area contributed by atoms with E-state index in [9.17, 15) is 0 Å². The van der Waals surface area contributed by atoms with Gasteiger partial charge >= 0.3 is 0 Å². The highest BCUT2D eigenvalue weighted by Crippen LogP contribution is 2.13. The molecular weight excluding hydrogens is 262 g/mol. The summed E-state index contributed by atoms with van der Waals surface area (Å²) in [6.45, 7) is 8.23. The second-order valence-electron chi connectivity index (χ2n) is 5.61. The fourth-order valence-corrected chi connectivity index (χ4v) is 2.23. The van der Waals surface area contributed by atoms with Crippen LogP contribution in [0.4, 0.5) is 0 Å². The molecule has 2 rings (SSSR count). The smallest absolute Gasteiger partial charge is 0.118 e. The van der Waals surface area contributed by atoms with E-state index in [-0.39, 0.29) is 0 Å². The quantitative estimate of drug-likeness (QED) is 0.851. The van der Waals surface area contributed by atoms with Crippen LogP contribution in [0.3, 0.4) is 0 Å². The van der Waals surface area contributed by atoms with Crippen LogP contribution in [0.25, 0.3) is 0 Å². The number of rotatable bonds is 7. The van der Waals surface area contributed by atoms with E-state index in [2.05, 4.69) is 48.0 Å². The zero-order valence-electron chi connectivity index (χ0n) is 13.4. The minimum absolute atomic E-state index is 0.493. The summed E-state index contributed by atoms with van der Waals surface area (Å²) in [6.07, 6.45) is 2.95. The number of hydrogen-bond acceptors (Lipinski definition) is 3. The van der Waals surface area contributed by atoms with Gasteiger partial charge in [0.25, 0.3) is 0 Å². The molecule has 0 spiro atoms. The standard InChI is InChI=1S/C17H25N3O/c1-13(2)18-11-16-12-19-20(14(16)3)10-9-15-5-7-17(21-4)8-6-15/h5-8,12-13,18H,9-11H2,1-4H3. The normalized spacial score (nSPS) is 11.1. The molecule has 1 heterocycles. The number of nitrogens with zero attached hydrogens (tertiary/aromatic N) is 2. The second kappa shape index (κ2) is 7.27. The molecule has 1 aromatic carbocycles. The van der Waals surface area contributed by atoms with Crippen LogP contribution in [0.5, 0.6) is 5.75 Å². The van der Waals surface area contributed by atoms with Crippen LogP contribution in [0.2, 0.25) is 0 Å². The third kappa shape index (κ3) is 4.33. The Bertz CT molecular complexity index is 558. The topological polar surface area (TPSA) is 39.1 Å². The molecule has 114 valence electrons. The van der Waals surface area contributed by atoms with Gasteiger partial charge in [0.1, 0.15) is 5.75 Å². The van der Waals surface area contributed by atoms with Gasteiger partial charge in [-0.2, -0.15) is 5.10 Å². The molecule has 1 aromatic heterocycles. The Kier molecular flexibility index (Phi) is 5.39. The van der Waals surface area contributed by atoms with E-state index >= 15 is 0 Å². The van der Waals surface area contributed by atoms with Crippen LogP contribution >= 0.6 is 0 Å². The summed E-state index contributed by atoms with van der Waals surface area (Å²) in [6, 6.07) is 8.72. The fraction of sp³-hybridized carbons (Fsp3) is 0.471. The lowest BCUT2D eigenvalue weighted by Crippen LogP contribution is -2.22. The maximum Gasteiger partial charge on any atom is 0.118 e. The molecule has 0 radical (unpaired) electrons. The lowest BCUT2D eigenvalue weighted by Gasteiger charge is -2.09. The first-order valence-electron chi connectivity index (χ1n) is 7.47. The van der Waals surface area contributed by atoms with Crippen molar-refractivity contribution < 1.29 is 4.74 Å². The van der Waals surface area contributed by atoms with Gasteiger partial charge in [0, 0.05) is 30.4 Å². The molecule has 0 saturated heterocycles. The molecule has 0 fully saturated rings. The first kappa shape index (κ1) is 15.6. The highest BCUT2D eigenvalue weighted by atomic mass is 16.5. The summed E-state index contributed by atoms with van der Waals surface area (Å²) < 4.78 is 7.26. The summed E-state index contributed by atoms with van der Waals surface area (Å²) in [5, 5.41) is 7.93. The van der Waals surface area contributed by atoms with E-state index in [4.69, 9.17) is 4.74 Å². The third-order valence-electron chi connectivity index (χ3n) is 3.68. The Morgan fingerprint density at radius 3 is 2.57 bits per heavy atom. The molecule has 21 heavy (non-hydrogen) atoms. The molecule has 0 aliphatic rings. The van der Waals surface area contributed by atoms with E-state index in [0.29, 0.717) is 6.04 Å². The monoisotopic (exact) mass is 287 g/mol. The molecule has 4 nitrogen and oxygen atoms in total. The van der Waals surface area contributed by atoms with E-state index in [1.165, 1.54) is 16.8 Å². The minimum atomic E-state index is 0.493. The molecule has 4 heteroatoms. The van der Waals surface area contributed by atoms with Crippen molar-refractivity contribution in [3.8, 4) is 5.75 Å². The summed E-state index contributed by atoms with van der Waals surface area (Å²) >= 11 is 0. The first-order chi connectivity index (χ1) is 10.1. The average molecular weight is 287 g/mol. The van der Waals surface area contributed by atoms with Crippen LogP contribution in [0, 0.1) is 6.92 Å². The van der Waals surface area contributed by atoms with E-state index in [1.54, 1.807) is 7.11 Å². The Morgan fingerprint density at radius 2 is 1.95 bits per heavy atom. The Balaban J connectivity index is 1.93. The molecule has 0 bridgehead atoms. The second-order valence-corrected chi connectivity index (χ2v) is 5.61. The summed E-state index contributed by atoms with van der Waals surface area (Å²) in [7, 11) is 1.69. The molecule has 0 atom stereocenters. The van der Waals surface area contributed by atoms with Gasteiger partial charge in [0.2, 0.25) is 0 Å². The number of benzene rings is 1. The third-order valence-corrected chi connectivity index (χ3v) is 3.68. The molecule has 0 unspecified atom stereocenters. The van der Waals surface area contributed by atoms with Gasteiger partial charge in [-0.05, 0) is 31.0 Å². The highest BCUT2D eigenvalue weighted by molar-refractivity contribution is 5.27. The van der Waals surface area contributed by atoms with Crippen molar-refractivity contribution in [3.63, 3.8) is 0 Å². The lowest BCUT2D eigenvalue weighted by molar-refractivity contribution is 0.414. The summed E-state index contributed by atoms with van der Waals surface area (Å²) in [5.41, 5.74) is 3.82. The van der Waals surface area contributed by atoms with Crippen molar-refractivity contribution in [3.05, 3.63) is 47.3 Å². The number of aryl methyl sites for hydroxylation is 2. The SMILES string of the molecule is COc1ccc(CCn2ncc(CNC(C)C)c2C)cc1. The zero-order chi connectivity index (χ0) is 15.2. The molecule has 2 aromatic rings. The predicted octanol–water partition coefficient (Wildman–Crippen LogP) is 2.94. The van der Waals surface area contributed by atoms with Crippen LogP contribution in [-0.4, -0.2) is 22.9 Å². The van der Waals surface area contributed by atoms with Crippen molar-refractivity contribution in [1.29, 1.82) is 0 Å². The molecule has 1 N–H and O–H groups in total. The molecule has 0 amide bonds. The largest absolute Gasteiger partial charge is 0.497 e. The lowest BCUT2D eigenvalue weighted by atomic mass is 10.1. The van der Waals surface area contributed by atoms with Gasteiger partial charge in [0.05, 0.1) is 13.3 Å². The minimum Gasteiger partial charge on any atom is -0.497 e. The summed E-state index contributed by atoms with van der Waals surface area (Å²) in [5.74, 6) is 0.899. The average Bonchev–Trinajstić information content (AvgIpc) is 2.84. The van der Waals surface area contributed by atoms with E-state index < -0.39 is 0 Å². The van der Waals surface area contributed by atoms with Crippen molar-refractivity contribution in [2.24, 2.45) is 0 Å². The van der Waals surface area contributed by atoms with Gasteiger partial charge in [-0.15, -0.1) is 0 Å². The van der Waals surface area contributed by atoms with Crippen molar-refractivity contribution >= 4 is 0 Å². The predicted molar refractivity (Wildman–Crippen MR) is 85.6 cm³/mol. The number of methoxy groups -OCH3 is 1. The van der Waals surface area contributed by atoms with Gasteiger partial charge in [-0.3, -0.25) is 4.68 Å². The van der Waals surface area contributed by atoms with E-state index in [0.717, 1.165) is 25.3 Å². The first-order valence-corrected chi connectivity index (χ1v) is 7.47. The molecule has 0 aliphatic carbocycles. The van der Waals surface area contributed by atoms with Crippen LogP contribution in [0.1, 0.15) is 30.7 Å². The van der Waals surface area contributed by atoms with Gasteiger partial charge in [-0.25, -0.2) is 0 Å². The number of aromatic nitrogens is 2. The summed E-state index contributed by atoms with van der Waals surface area (Å²) in [4.78, 5) is 0. The molecular formula is C17H25N3O. The van der Waals surface area contributed by atoms with Crippen molar-refractivity contribution in [2.45, 2.75) is 46.3 Å². The van der Waals surface area contributed by atoms with Gasteiger partial charge in [-0.1, -0.05) is 26.0 Å².